The van der Waals surface area contributed by atoms with Crippen LogP contribution in [0.15, 0.2) is 72.8 Å². The van der Waals surface area contributed by atoms with Crippen molar-refractivity contribution in [3.63, 3.8) is 0 Å². The molecule has 0 unspecified atom stereocenters. The fraction of sp³-hybridized carbons (Fsp3) is 0.125. The summed E-state index contributed by atoms with van der Waals surface area (Å²) in [6.07, 6.45) is 0. The van der Waals surface area contributed by atoms with Gasteiger partial charge in [-0.2, -0.15) is 4.80 Å². The number of aromatic nitrogens is 4. The number of nitrogens with one attached hydrogen (secondary N) is 2. The highest BCUT2D eigenvalue weighted by molar-refractivity contribution is 6.03. The summed E-state index contributed by atoms with van der Waals surface area (Å²) >= 11 is 0. The van der Waals surface area contributed by atoms with E-state index in [9.17, 15) is 9.59 Å². The van der Waals surface area contributed by atoms with E-state index in [4.69, 9.17) is 9.47 Å². The number of anilines is 1. The Labute approximate surface area is 194 Å². The summed E-state index contributed by atoms with van der Waals surface area (Å²) in [5.41, 5.74) is 2.40. The third kappa shape index (κ3) is 4.70. The van der Waals surface area contributed by atoms with Crippen molar-refractivity contribution >= 4 is 17.5 Å². The monoisotopic (exact) mass is 456 g/mol. The Morgan fingerprint density at radius 1 is 0.941 bits per heavy atom. The lowest BCUT2D eigenvalue weighted by atomic mass is 10.1. The first-order chi connectivity index (χ1) is 16.7. The molecule has 2 N–H and O–H groups in total. The lowest BCUT2D eigenvalue weighted by molar-refractivity contribution is -0.117. The molecule has 170 valence electrons. The van der Waals surface area contributed by atoms with Crippen LogP contribution in [-0.4, -0.2) is 38.8 Å². The molecule has 0 spiro atoms. The number of carbonyl (C=O) groups is 2. The zero-order valence-corrected chi connectivity index (χ0v) is 18.0. The molecule has 10 heteroatoms. The van der Waals surface area contributed by atoms with Crippen molar-refractivity contribution in [2.75, 3.05) is 12.1 Å². The fourth-order valence-corrected chi connectivity index (χ4v) is 3.45. The molecule has 0 saturated heterocycles. The quantitative estimate of drug-likeness (QED) is 0.439. The minimum atomic E-state index is -0.381. The molecule has 2 heterocycles. The second-order valence-corrected chi connectivity index (χ2v) is 7.47. The molecular formula is C24H20N6O4. The average Bonchev–Trinajstić information content (AvgIpc) is 3.52. The maximum Gasteiger partial charge on any atom is 0.253 e. The first-order valence-corrected chi connectivity index (χ1v) is 10.5. The number of carbonyl (C=O) groups excluding carboxylic acids is 2. The van der Waals surface area contributed by atoms with Gasteiger partial charge < -0.3 is 20.1 Å². The largest absolute Gasteiger partial charge is 0.454 e. The molecule has 4 aromatic rings. The number of amides is 2. The molecule has 0 bridgehead atoms. The summed E-state index contributed by atoms with van der Waals surface area (Å²) in [4.78, 5) is 26.6. The molecule has 0 radical (unpaired) electrons. The van der Waals surface area contributed by atoms with Gasteiger partial charge in [0, 0.05) is 12.1 Å². The van der Waals surface area contributed by atoms with Crippen LogP contribution in [0.25, 0.3) is 11.4 Å². The van der Waals surface area contributed by atoms with E-state index >= 15 is 0 Å². The van der Waals surface area contributed by atoms with Crippen LogP contribution in [0.3, 0.4) is 0 Å². The molecule has 5 rings (SSSR count). The summed E-state index contributed by atoms with van der Waals surface area (Å²) in [5, 5.41) is 17.8. The first-order valence-electron chi connectivity index (χ1n) is 10.5. The SMILES string of the molecule is O=C(Cn1nnc(-c2ccccc2)n1)Nc1ccccc1C(=O)NCc1ccc2c(c1)OCO2. The van der Waals surface area contributed by atoms with Crippen LogP contribution in [0.5, 0.6) is 11.5 Å². The number of rotatable bonds is 7. The Bertz CT molecular complexity index is 1340. The minimum Gasteiger partial charge on any atom is -0.454 e. The van der Waals surface area contributed by atoms with E-state index in [1.54, 1.807) is 30.3 Å². The van der Waals surface area contributed by atoms with Crippen LogP contribution < -0.4 is 20.1 Å². The molecule has 1 aliphatic heterocycles. The Hall–Kier alpha value is -4.73. The fourth-order valence-electron chi connectivity index (χ4n) is 3.45. The van der Waals surface area contributed by atoms with Crippen LogP contribution in [0.2, 0.25) is 0 Å². The number of nitrogens with zero attached hydrogens (tertiary/aromatic N) is 4. The second kappa shape index (κ2) is 9.41. The number of ether oxygens (including phenoxy) is 2. The van der Waals surface area contributed by atoms with Crippen LogP contribution in [0.1, 0.15) is 15.9 Å². The summed E-state index contributed by atoms with van der Waals surface area (Å²) in [7, 11) is 0. The summed E-state index contributed by atoms with van der Waals surface area (Å²) in [6.45, 7) is 0.339. The zero-order valence-electron chi connectivity index (χ0n) is 18.0. The van der Waals surface area contributed by atoms with Gasteiger partial charge in [0.1, 0.15) is 6.54 Å². The van der Waals surface area contributed by atoms with Gasteiger partial charge in [0.25, 0.3) is 5.91 Å². The predicted molar refractivity (Wildman–Crippen MR) is 122 cm³/mol. The van der Waals surface area contributed by atoms with E-state index in [1.807, 2.05) is 42.5 Å². The van der Waals surface area contributed by atoms with E-state index in [0.29, 0.717) is 35.1 Å². The molecule has 1 aliphatic rings. The molecular weight excluding hydrogens is 436 g/mol. The van der Waals surface area contributed by atoms with Gasteiger partial charge in [0.15, 0.2) is 11.5 Å². The Balaban J connectivity index is 1.22. The van der Waals surface area contributed by atoms with Crippen LogP contribution in [0.4, 0.5) is 5.69 Å². The van der Waals surface area contributed by atoms with Gasteiger partial charge in [-0.3, -0.25) is 9.59 Å². The van der Waals surface area contributed by atoms with Crippen LogP contribution in [-0.2, 0) is 17.9 Å². The highest BCUT2D eigenvalue weighted by Gasteiger charge is 2.16. The van der Waals surface area contributed by atoms with Gasteiger partial charge in [0.2, 0.25) is 18.5 Å². The van der Waals surface area contributed by atoms with E-state index < -0.39 is 0 Å². The maximum absolute atomic E-state index is 12.8. The maximum atomic E-state index is 12.8. The molecule has 0 aliphatic carbocycles. The van der Waals surface area contributed by atoms with Crippen molar-refractivity contribution in [2.24, 2.45) is 0 Å². The number of fused-ring (bicyclic) bond motifs is 1. The normalized spacial score (nSPS) is 11.8. The second-order valence-electron chi connectivity index (χ2n) is 7.47. The first kappa shape index (κ1) is 21.1. The molecule has 0 saturated carbocycles. The topological polar surface area (TPSA) is 120 Å². The van der Waals surface area contributed by atoms with Crippen molar-refractivity contribution in [3.8, 4) is 22.9 Å². The van der Waals surface area contributed by atoms with E-state index in [2.05, 4.69) is 26.0 Å². The third-order valence-corrected chi connectivity index (χ3v) is 5.11. The Morgan fingerprint density at radius 3 is 2.62 bits per heavy atom. The van der Waals surface area contributed by atoms with Crippen molar-refractivity contribution in [3.05, 3.63) is 83.9 Å². The van der Waals surface area contributed by atoms with Gasteiger partial charge in [-0.05, 0) is 35.0 Å². The lowest BCUT2D eigenvalue weighted by Crippen LogP contribution is -2.26. The summed E-state index contributed by atoms with van der Waals surface area (Å²) < 4.78 is 10.7. The molecule has 3 aromatic carbocycles. The Kier molecular flexibility index (Phi) is 5.85. The summed E-state index contributed by atoms with van der Waals surface area (Å²) in [6, 6.07) is 21.6. The average molecular weight is 456 g/mol. The van der Waals surface area contributed by atoms with Crippen LogP contribution >= 0.6 is 0 Å². The van der Waals surface area contributed by atoms with Gasteiger partial charge in [-0.25, -0.2) is 0 Å². The lowest BCUT2D eigenvalue weighted by Gasteiger charge is -2.11. The van der Waals surface area contributed by atoms with Crippen molar-refractivity contribution in [1.29, 1.82) is 0 Å². The minimum absolute atomic E-state index is 0.146. The van der Waals surface area contributed by atoms with E-state index in [1.165, 1.54) is 4.80 Å². The van der Waals surface area contributed by atoms with Crippen molar-refractivity contribution in [2.45, 2.75) is 13.1 Å². The summed E-state index contributed by atoms with van der Waals surface area (Å²) in [5.74, 6) is 1.06. The predicted octanol–water partition coefficient (Wildman–Crippen LogP) is 2.64. The van der Waals surface area contributed by atoms with E-state index in [0.717, 1.165) is 11.1 Å². The molecule has 1 aromatic heterocycles. The number of hydrogen-bond acceptors (Lipinski definition) is 7. The number of benzene rings is 3. The number of para-hydroxylation sites is 1. The third-order valence-electron chi connectivity index (χ3n) is 5.11. The highest BCUT2D eigenvalue weighted by Crippen LogP contribution is 2.32. The van der Waals surface area contributed by atoms with Gasteiger partial charge in [-0.1, -0.05) is 48.5 Å². The highest BCUT2D eigenvalue weighted by atomic mass is 16.7. The van der Waals surface area contributed by atoms with Gasteiger partial charge in [-0.15, -0.1) is 10.2 Å². The number of tetrazole rings is 1. The molecule has 34 heavy (non-hydrogen) atoms. The zero-order chi connectivity index (χ0) is 23.3. The van der Waals surface area contributed by atoms with Crippen LogP contribution in [0, 0.1) is 0 Å². The molecule has 10 nitrogen and oxygen atoms in total. The van der Waals surface area contributed by atoms with Gasteiger partial charge in [0.05, 0.1) is 11.3 Å². The van der Waals surface area contributed by atoms with Crippen molar-refractivity contribution in [1.82, 2.24) is 25.5 Å². The standard InChI is InChI=1S/C24H20N6O4/c31-22(14-30-28-23(27-29-30)17-6-2-1-3-7-17)26-19-9-5-4-8-18(19)24(32)25-13-16-10-11-20-21(12-16)34-15-33-20/h1-12H,13-15H2,(H,25,32)(H,26,31). The molecule has 0 fully saturated rings. The van der Waals surface area contributed by atoms with E-state index in [-0.39, 0.29) is 25.2 Å². The Morgan fingerprint density at radius 2 is 1.74 bits per heavy atom. The molecule has 2 amide bonds. The van der Waals surface area contributed by atoms with Gasteiger partial charge >= 0.3 is 0 Å². The smallest absolute Gasteiger partial charge is 0.253 e. The molecule has 0 atom stereocenters. The van der Waals surface area contributed by atoms with Crippen molar-refractivity contribution < 1.29 is 19.1 Å². The number of hydrogen-bond donors (Lipinski definition) is 2.